The van der Waals surface area contributed by atoms with E-state index in [2.05, 4.69) is 16.0 Å². The number of carbonyl (C=O) groups is 2. The highest BCUT2D eigenvalue weighted by atomic mass is 35.5. The molecule has 2 heterocycles. The van der Waals surface area contributed by atoms with E-state index in [0.29, 0.717) is 28.3 Å². The third-order valence-corrected chi connectivity index (χ3v) is 8.01. The van der Waals surface area contributed by atoms with Crippen LogP contribution in [-0.2, 0) is 15.0 Å². The Labute approximate surface area is 232 Å². The summed E-state index contributed by atoms with van der Waals surface area (Å²) in [6.07, 6.45) is -1.26. The number of aliphatic hydroxyl groups excluding tert-OH is 2. The van der Waals surface area contributed by atoms with E-state index >= 15 is 0 Å². The fraction of sp³-hybridized carbons (Fsp3) is 0.500. The molecule has 1 spiro atoms. The molecule has 7 nitrogen and oxygen atoms in total. The fourth-order valence-corrected chi connectivity index (χ4v) is 6.19. The molecule has 38 heavy (non-hydrogen) atoms. The van der Waals surface area contributed by atoms with Crippen molar-refractivity contribution >= 4 is 40.7 Å². The highest BCUT2D eigenvalue weighted by Crippen LogP contribution is 2.57. The third-order valence-electron chi connectivity index (χ3n) is 7.49. The number of anilines is 1. The number of nitrogens with one attached hydrogen (secondary N) is 3. The minimum Gasteiger partial charge on any atom is -0.391 e. The van der Waals surface area contributed by atoms with Gasteiger partial charge in [-0.25, -0.2) is 4.39 Å². The molecular weight excluding hydrogens is 532 g/mol. The van der Waals surface area contributed by atoms with Crippen molar-refractivity contribution in [2.75, 3.05) is 11.9 Å². The van der Waals surface area contributed by atoms with Crippen LogP contribution in [0.1, 0.15) is 57.6 Å². The summed E-state index contributed by atoms with van der Waals surface area (Å²) in [5, 5.41) is 29.1. The molecule has 2 aromatic rings. The number of hydrogen-bond donors (Lipinski definition) is 5. The van der Waals surface area contributed by atoms with Crippen LogP contribution in [0.15, 0.2) is 36.4 Å². The second-order valence-corrected chi connectivity index (χ2v) is 12.4. The van der Waals surface area contributed by atoms with Crippen molar-refractivity contribution in [2.45, 2.75) is 76.2 Å². The molecule has 6 atom stereocenters. The molecule has 2 amide bonds. The Morgan fingerprint density at radius 2 is 1.92 bits per heavy atom. The molecule has 0 saturated carbocycles. The Kier molecular flexibility index (Phi) is 8.13. The van der Waals surface area contributed by atoms with E-state index in [9.17, 15) is 24.2 Å². The van der Waals surface area contributed by atoms with Crippen molar-refractivity contribution in [1.82, 2.24) is 10.6 Å². The number of fused-ring (bicyclic) bond motifs is 2. The first-order valence-corrected chi connectivity index (χ1v) is 13.5. The van der Waals surface area contributed by atoms with Crippen molar-refractivity contribution in [3.63, 3.8) is 0 Å². The zero-order valence-corrected chi connectivity index (χ0v) is 23.3. The molecular formula is C28H34Cl2FN3O4. The van der Waals surface area contributed by atoms with Gasteiger partial charge in [0.1, 0.15) is 11.2 Å². The van der Waals surface area contributed by atoms with Gasteiger partial charge in [-0.15, -0.1) is 0 Å². The largest absolute Gasteiger partial charge is 0.391 e. The molecule has 2 aliphatic rings. The van der Waals surface area contributed by atoms with Crippen LogP contribution in [0.2, 0.25) is 10.0 Å². The third kappa shape index (κ3) is 5.29. The number of aliphatic hydroxyl groups is 2. The molecule has 4 rings (SSSR count). The first-order valence-electron chi connectivity index (χ1n) is 12.7. The van der Waals surface area contributed by atoms with Gasteiger partial charge < -0.3 is 26.2 Å². The summed E-state index contributed by atoms with van der Waals surface area (Å²) < 4.78 is 14.9. The average molecular weight is 567 g/mol. The molecule has 0 bridgehead atoms. The molecule has 10 heteroatoms. The van der Waals surface area contributed by atoms with Gasteiger partial charge in [0.25, 0.3) is 0 Å². The van der Waals surface area contributed by atoms with Crippen LogP contribution in [0.3, 0.4) is 0 Å². The summed E-state index contributed by atoms with van der Waals surface area (Å²) in [7, 11) is 0. The van der Waals surface area contributed by atoms with Crippen LogP contribution in [0, 0.1) is 11.2 Å². The van der Waals surface area contributed by atoms with E-state index in [4.69, 9.17) is 23.2 Å². The van der Waals surface area contributed by atoms with E-state index in [1.165, 1.54) is 19.1 Å². The van der Waals surface area contributed by atoms with E-state index in [-0.39, 0.29) is 35.2 Å². The van der Waals surface area contributed by atoms with E-state index in [1.54, 1.807) is 18.2 Å². The first-order chi connectivity index (χ1) is 17.8. The number of amides is 2. The Bertz CT molecular complexity index is 1240. The summed E-state index contributed by atoms with van der Waals surface area (Å²) in [6.45, 7) is 7.71. The van der Waals surface area contributed by atoms with Crippen molar-refractivity contribution in [3.05, 3.63) is 63.4 Å². The molecule has 1 fully saturated rings. The highest BCUT2D eigenvalue weighted by Gasteiger charge is 2.65. The SMILES string of the molecule is CC(O)C(O)CCNC(=O)[C@@H]1N[C@H](CC(C)(C)C)[C@]2(C(=O)Nc3cc(Cl)c(F)cc32)[C@H]1c1cccc(Cl)c1. The quantitative estimate of drug-likeness (QED) is 0.346. The van der Waals surface area contributed by atoms with Gasteiger partial charge in [0.2, 0.25) is 11.8 Å². The minimum absolute atomic E-state index is 0.107. The van der Waals surface area contributed by atoms with E-state index in [1.807, 2.05) is 26.8 Å². The molecule has 0 aromatic heterocycles. The second-order valence-electron chi connectivity index (χ2n) is 11.5. The normalized spacial score (nSPS) is 26.2. The lowest BCUT2D eigenvalue weighted by Gasteiger charge is -2.37. The molecule has 2 aromatic carbocycles. The molecule has 206 valence electrons. The summed E-state index contributed by atoms with van der Waals surface area (Å²) >= 11 is 12.4. The summed E-state index contributed by atoms with van der Waals surface area (Å²) in [6, 6.07) is 8.30. The molecule has 2 aliphatic heterocycles. The lowest BCUT2D eigenvalue weighted by molar-refractivity contribution is -0.124. The molecule has 2 unspecified atom stereocenters. The minimum atomic E-state index is -1.33. The second kappa shape index (κ2) is 10.7. The zero-order valence-electron chi connectivity index (χ0n) is 21.8. The lowest BCUT2D eigenvalue weighted by atomic mass is 9.62. The number of carbonyl (C=O) groups excluding carboxylic acids is 2. The Hall–Kier alpha value is -2.23. The first kappa shape index (κ1) is 28.8. The van der Waals surface area contributed by atoms with Gasteiger partial charge in [-0.05, 0) is 60.6 Å². The maximum absolute atomic E-state index is 14.9. The maximum atomic E-state index is 14.9. The van der Waals surface area contributed by atoms with Gasteiger partial charge in [0.15, 0.2) is 0 Å². The van der Waals surface area contributed by atoms with Crippen LogP contribution in [0.25, 0.3) is 0 Å². The van der Waals surface area contributed by atoms with Crippen molar-refractivity contribution < 1.29 is 24.2 Å². The van der Waals surface area contributed by atoms with Crippen LogP contribution < -0.4 is 16.0 Å². The van der Waals surface area contributed by atoms with Gasteiger partial charge in [-0.1, -0.05) is 56.1 Å². The monoisotopic (exact) mass is 565 g/mol. The van der Waals surface area contributed by atoms with Crippen LogP contribution in [-0.4, -0.2) is 52.9 Å². The average Bonchev–Trinajstić information content (AvgIpc) is 3.28. The van der Waals surface area contributed by atoms with Crippen molar-refractivity contribution in [2.24, 2.45) is 5.41 Å². The zero-order chi connectivity index (χ0) is 28.0. The Balaban J connectivity index is 1.86. The highest BCUT2D eigenvalue weighted by molar-refractivity contribution is 6.31. The van der Waals surface area contributed by atoms with Gasteiger partial charge in [-0.2, -0.15) is 0 Å². The van der Waals surface area contributed by atoms with Gasteiger partial charge in [0, 0.05) is 29.2 Å². The topological polar surface area (TPSA) is 111 Å². The maximum Gasteiger partial charge on any atom is 0.237 e. The van der Waals surface area contributed by atoms with E-state index < -0.39 is 41.4 Å². The molecule has 5 N–H and O–H groups in total. The lowest BCUT2D eigenvalue weighted by Crippen LogP contribution is -2.49. The predicted molar refractivity (Wildman–Crippen MR) is 146 cm³/mol. The number of benzene rings is 2. The van der Waals surface area contributed by atoms with Gasteiger partial charge in [0.05, 0.1) is 23.3 Å². The summed E-state index contributed by atoms with van der Waals surface area (Å²) in [5.41, 5.74) is -0.0698. The van der Waals surface area contributed by atoms with Gasteiger partial charge >= 0.3 is 0 Å². The van der Waals surface area contributed by atoms with Crippen molar-refractivity contribution in [1.29, 1.82) is 0 Å². The van der Waals surface area contributed by atoms with E-state index in [0.717, 1.165) is 0 Å². The Morgan fingerprint density at radius 3 is 2.55 bits per heavy atom. The number of rotatable bonds is 7. The fourth-order valence-electron chi connectivity index (χ4n) is 5.83. The molecule has 0 radical (unpaired) electrons. The van der Waals surface area contributed by atoms with Crippen LogP contribution in [0.5, 0.6) is 0 Å². The molecule has 1 saturated heterocycles. The summed E-state index contributed by atoms with van der Waals surface area (Å²) in [5.74, 6) is -2.11. The Morgan fingerprint density at radius 1 is 1.21 bits per heavy atom. The number of halogens is 3. The smallest absolute Gasteiger partial charge is 0.237 e. The predicted octanol–water partition coefficient (Wildman–Crippen LogP) is 4.13. The van der Waals surface area contributed by atoms with Crippen LogP contribution >= 0.6 is 23.2 Å². The van der Waals surface area contributed by atoms with Crippen molar-refractivity contribution in [3.8, 4) is 0 Å². The van der Waals surface area contributed by atoms with Crippen LogP contribution in [0.4, 0.5) is 10.1 Å². The summed E-state index contributed by atoms with van der Waals surface area (Å²) in [4.78, 5) is 27.7. The van der Waals surface area contributed by atoms with Gasteiger partial charge in [-0.3, -0.25) is 9.59 Å². The number of hydrogen-bond acceptors (Lipinski definition) is 5. The molecule has 0 aliphatic carbocycles. The standard InChI is InChI=1S/C28H34Cl2FN3O4/c1-14(35)21(36)8-9-32-25(37)24-23(15-6-5-7-16(29)10-15)28(22(34-24)13-27(2,3)4)17-11-19(31)18(30)12-20(17)33-26(28)38/h5-7,10-12,14,21-24,34-36H,8-9,13H2,1-4H3,(H,32,37)(H,33,38)/t14?,21?,22-,23+,24-,28+/m1/s1.